The van der Waals surface area contributed by atoms with Crippen molar-refractivity contribution < 1.29 is 4.74 Å². The van der Waals surface area contributed by atoms with Gasteiger partial charge in [0.05, 0.1) is 6.61 Å². The summed E-state index contributed by atoms with van der Waals surface area (Å²) >= 11 is 3.52. The van der Waals surface area contributed by atoms with E-state index in [0.717, 1.165) is 30.5 Å². The highest BCUT2D eigenvalue weighted by atomic mass is 79.9. The third kappa shape index (κ3) is 4.38. The molecule has 0 aliphatic rings. The minimum absolute atomic E-state index is 0.789. The standard InChI is InChI=1S/C18H21BrO/c1-15-8-7-12-17(14-19)18(15)20-13-6-5-11-16-9-3-2-4-10-16/h2-4,7-10,12H,5-6,11,13-14H2,1H3. The highest BCUT2D eigenvalue weighted by molar-refractivity contribution is 9.08. The molecule has 0 radical (unpaired) electrons. The van der Waals surface area contributed by atoms with Crippen molar-refractivity contribution >= 4 is 15.9 Å². The number of para-hydroxylation sites is 1. The largest absolute Gasteiger partial charge is 0.493 e. The first kappa shape index (κ1) is 15.1. The van der Waals surface area contributed by atoms with Crippen LogP contribution in [0.5, 0.6) is 5.75 Å². The molecule has 0 N–H and O–H groups in total. The number of aryl methyl sites for hydroxylation is 2. The van der Waals surface area contributed by atoms with Crippen molar-refractivity contribution in [1.29, 1.82) is 0 Å². The van der Waals surface area contributed by atoms with Gasteiger partial charge in [-0.1, -0.05) is 64.5 Å². The molecule has 2 aromatic carbocycles. The number of ether oxygens (including phenoxy) is 1. The number of hydrogen-bond donors (Lipinski definition) is 0. The molecule has 0 aromatic heterocycles. The Bertz CT molecular complexity index is 522. The van der Waals surface area contributed by atoms with E-state index in [2.05, 4.69) is 71.4 Å². The summed E-state index contributed by atoms with van der Waals surface area (Å²) in [4.78, 5) is 0. The molecule has 0 unspecified atom stereocenters. The predicted octanol–water partition coefficient (Wildman–Crippen LogP) is 5.29. The van der Waals surface area contributed by atoms with Crippen LogP contribution in [0, 0.1) is 6.92 Å². The molecule has 0 fully saturated rings. The van der Waals surface area contributed by atoms with Gasteiger partial charge in [0.2, 0.25) is 0 Å². The average Bonchev–Trinajstić information content (AvgIpc) is 2.49. The zero-order chi connectivity index (χ0) is 14.2. The minimum Gasteiger partial charge on any atom is -0.493 e. The Morgan fingerprint density at radius 3 is 2.50 bits per heavy atom. The van der Waals surface area contributed by atoms with E-state index >= 15 is 0 Å². The van der Waals surface area contributed by atoms with Crippen molar-refractivity contribution in [2.75, 3.05) is 6.61 Å². The molecule has 2 heteroatoms. The van der Waals surface area contributed by atoms with Gasteiger partial charge in [-0.25, -0.2) is 0 Å². The number of unbranched alkanes of at least 4 members (excludes halogenated alkanes) is 1. The van der Waals surface area contributed by atoms with Crippen LogP contribution in [0.3, 0.4) is 0 Å². The molecule has 0 saturated carbocycles. The first-order chi connectivity index (χ1) is 9.81. The predicted molar refractivity (Wildman–Crippen MR) is 88.7 cm³/mol. The van der Waals surface area contributed by atoms with Gasteiger partial charge in [0.1, 0.15) is 5.75 Å². The summed E-state index contributed by atoms with van der Waals surface area (Å²) in [5, 5.41) is 0.841. The molecule has 0 aliphatic heterocycles. The fraction of sp³-hybridized carbons (Fsp3) is 0.333. The van der Waals surface area contributed by atoms with Crippen LogP contribution in [-0.4, -0.2) is 6.61 Å². The lowest BCUT2D eigenvalue weighted by molar-refractivity contribution is 0.303. The van der Waals surface area contributed by atoms with Crippen LogP contribution in [0.15, 0.2) is 48.5 Å². The quantitative estimate of drug-likeness (QED) is 0.494. The molecule has 0 amide bonds. The molecule has 106 valence electrons. The average molecular weight is 333 g/mol. The normalized spacial score (nSPS) is 10.5. The Balaban J connectivity index is 1.76. The van der Waals surface area contributed by atoms with Crippen LogP contribution < -0.4 is 4.74 Å². The van der Waals surface area contributed by atoms with Gasteiger partial charge in [0.15, 0.2) is 0 Å². The lowest BCUT2D eigenvalue weighted by Gasteiger charge is -2.12. The second kappa shape index (κ2) is 8.11. The van der Waals surface area contributed by atoms with Crippen molar-refractivity contribution in [2.45, 2.75) is 31.5 Å². The van der Waals surface area contributed by atoms with Crippen LogP contribution in [0.2, 0.25) is 0 Å². The number of hydrogen-bond acceptors (Lipinski definition) is 1. The second-order valence-corrected chi connectivity index (χ2v) is 5.55. The molecule has 20 heavy (non-hydrogen) atoms. The molecular weight excluding hydrogens is 312 g/mol. The monoisotopic (exact) mass is 332 g/mol. The number of rotatable bonds is 7. The van der Waals surface area contributed by atoms with Gasteiger partial charge < -0.3 is 4.74 Å². The van der Waals surface area contributed by atoms with Gasteiger partial charge in [-0.05, 0) is 37.3 Å². The summed E-state index contributed by atoms with van der Waals surface area (Å²) in [7, 11) is 0. The zero-order valence-electron chi connectivity index (χ0n) is 11.9. The number of alkyl halides is 1. The van der Waals surface area contributed by atoms with Crippen LogP contribution in [-0.2, 0) is 11.8 Å². The van der Waals surface area contributed by atoms with Gasteiger partial charge in [0.25, 0.3) is 0 Å². The van der Waals surface area contributed by atoms with E-state index in [1.807, 2.05) is 0 Å². The lowest BCUT2D eigenvalue weighted by Crippen LogP contribution is -2.02. The zero-order valence-corrected chi connectivity index (χ0v) is 13.5. The van der Waals surface area contributed by atoms with Crippen molar-refractivity contribution in [3.63, 3.8) is 0 Å². The van der Waals surface area contributed by atoms with Gasteiger partial charge in [-0.3, -0.25) is 0 Å². The molecular formula is C18H21BrO. The highest BCUT2D eigenvalue weighted by Crippen LogP contribution is 2.25. The van der Waals surface area contributed by atoms with Gasteiger partial charge >= 0.3 is 0 Å². The van der Waals surface area contributed by atoms with E-state index in [4.69, 9.17) is 4.74 Å². The number of halogens is 1. The fourth-order valence-electron chi connectivity index (χ4n) is 2.28. The van der Waals surface area contributed by atoms with E-state index in [1.165, 1.54) is 23.1 Å². The maximum atomic E-state index is 5.97. The molecule has 0 aliphatic carbocycles. The Morgan fingerprint density at radius 2 is 1.75 bits per heavy atom. The van der Waals surface area contributed by atoms with E-state index in [0.29, 0.717) is 0 Å². The van der Waals surface area contributed by atoms with Crippen LogP contribution in [0.1, 0.15) is 29.5 Å². The van der Waals surface area contributed by atoms with Gasteiger partial charge in [-0.15, -0.1) is 0 Å². The summed E-state index contributed by atoms with van der Waals surface area (Å²) in [6.07, 6.45) is 3.38. The van der Waals surface area contributed by atoms with Crippen molar-refractivity contribution in [1.82, 2.24) is 0 Å². The third-order valence-electron chi connectivity index (χ3n) is 3.39. The second-order valence-electron chi connectivity index (χ2n) is 4.99. The first-order valence-corrected chi connectivity index (χ1v) is 8.24. The van der Waals surface area contributed by atoms with Crippen LogP contribution >= 0.6 is 15.9 Å². The van der Waals surface area contributed by atoms with Crippen molar-refractivity contribution in [2.24, 2.45) is 0 Å². The fourth-order valence-corrected chi connectivity index (χ4v) is 2.72. The van der Waals surface area contributed by atoms with Gasteiger partial charge in [0, 0.05) is 10.9 Å². The Labute approximate surface area is 130 Å². The van der Waals surface area contributed by atoms with Crippen LogP contribution in [0.4, 0.5) is 0 Å². The molecule has 0 saturated heterocycles. The van der Waals surface area contributed by atoms with E-state index < -0.39 is 0 Å². The summed E-state index contributed by atoms with van der Waals surface area (Å²) < 4.78 is 5.97. The maximum Gasteiger partial charge on any atom is 0.126 e. The molecule has 0 heterocycles. The van der Waals surface area contributed by atoms with Crippen molar-refractivity contribution in [3.05, 3.63) is 65.2 Å². The maximum absolute atomic E-state index is 5.97. The molecule has 2 aromatic rings. The van der Waals surface area contributed by atoms with Gasteiger partial charge in [-0.2, -0.15) is 0 Å². The smallest absolute Gasteiger partial charge is 0.126 e. The number of benzene rings is 2. The van der Waals surface area contributed by atoms with Crippen molar-refractivity contribution in [3.8, 4) is 5.75 Å². The lowest BCUT2D eigenvalue weighted by atomic mass is 10.1. The molecule has 1 nitrogen and oxygen atoms in total. The molecule has 0 spiro atoms. The molecule has 0 atom stereocenters. The minimum atomic E-state index is 0.789. The van der Waals surface area contributed by atoms with E-state index in [9.17, 15) is 0 Å². The Kier molecular flexibility index (Phi) is 6.13. The summed E-state index contributed by atoms with van der Waals surface area (Å²) in [5.74, 6) is 1.05. The third-order valence-corrected chi connectivity index (χ3v) is 3.99. The molecule has 2 rings (SSSR count). The van der Waals surface area contributed by atoms with E-state index in [1.54, 1.807) is 0 Å². The Hall–Kier alpha value is -1.28. The highest BCUT2D eigenvalue weighted by Gasteiger charge is 2.05. The SMILES string of the molecule is Cc1cccc(CBr)c1OCCCCc1ccccc1. The van der Waals surface area contributed by atoms with E-state index in [-0.39, 0.29) is 0 Å². The summed E-state index contributed by atoms with van der Waals surface area (Å²) in [6, 6.07) is 16.9. The van der Waals surface area contributed by atoms with Crippen LogP contribution in [0.25, 0.3) is 0 Å². The first-order valence-electron chi connectivity index (χ1n) is 7.12. The summed E-state index contributed by atoms with van der Waals surface area (Å²) in [5.41, 5.74) is 3.85. The topological polar surface area (TPSA) is 9.23 Å². The Morgan fingerprint density at radius 1 is 0.950 bits per heavy atom. The molecule has 0 bridgehead atoms. The summed E-state index contributed by atoms with van der Waals surface area (Å²) in [6.45, 7) is 2.89.